The number of fused-ring (bicyclic) bond motifs is 20. The van der Waals surface area contributed by atoms with Crippen LogP contribution in [0.1, 0.15) is 76.0 Å². The van der Waals surface area contributed by atoms with Crippen molar-refractivity contribution in [3.05, 3.63) is 217 Å². The number of nitrogens with zero attached hydrogens (tertiary/aromatic N) is 4. The van der Waals surface area contributed by atoms with Gasteiger partial charge in [0.1, 0.15) is 5.82 Å². The lowest BCUT2D eigenvalue weighted by molar-refractivity contribution is 0.629. The molecule has 4 nitrogen and oxygen atoms in total. The average molecular weight is 1000 g/mol. The molecule has 7 aliphatic heterocycles. The lowest BCUT2D eigenvalue weighted by Crippen LogP contribution is -2.75. The van der Waals surface area contributed by atoms with E-state index in [0.717, 1.165) is 22.5 Å². The third kappa shape index (κ3) is 5.59. The quantitative estimate of drug-likeness (QED) is 0.160. The van der Waals surface area contributed by atoms with Gasteiger partial charge in [0.25, 0.3) is 20.1 Å². The number of anilines is 12. The van der Waals surface area contributed by atoms with Crippen molar-refractivity contribution in [2.45, 2.75) is 59.3 Å². The minimum Gasteiger partial charge on any atom is -0.312 e. The Bertz CT molecular complexity index is 4250. The predicted octanol–water partition coefficient (Wildman–Crippen LogP) is 9.33. The Kier molecular flexibility index (Phi) is 9.08. The molecule has 7 heterocycles. The molecule has 368 valence electrons. The van der Waals surface area contributed by atoms with E-state index >= 15 is 4.39 Å². The molecule has 78 heavy (non-hydrogen) atoms. The second-order valence-corrected chi connectivity index (χ2v) is 23.7. The molecule has 0 saturated heterocycles. The van der Waals surface area contributed by atoms with E-state index in [0.29, 0.717) is 5.92 Å². The Hall–Kier alpha value is -8.41. The molecular weight excluding hydrogens is 947 g/mol. The molecule has 17 rings (SSSR count). The van der Waals surface area contributed by atoms with Crippen molar-refractivity contribution in [2.75, 3.05) is 19.6 Å². The van der Waals surface area contributed by atoms with Crippen molar-refractivity contribution in [3.63, 3.8) is 0 Å². The zero-order chi connectivity index (χ0) is 52.1. The van der Waals surface area contributed by atoms with Crippen LogP contribution in [-0.4, -0.2) is 26.9 Å². The van der Waals surface area contributed by atoms with Gasteiger partial charge >= 0.3 is 0 Å². The first kappa shape index (κ1) is 44.7. The normalized spacial score (nSPS) is 14.7. The van der Waals surface area contributed by atoms with Crippen LogP contribution < -0.4 is 85.2 Å². The third-order valence-electron chi connectivity index (χ3n) is 18.8. The Morgan fingerprint density at radius 3 is 1.06 bits per heavy atom. The number of hydrogen-bond acceptors (Lipinski definition) is 4. The largest absolute Gasteiger partial charge is 0.312 e. The SMILES string of the molecule is CC(C)c1cc(C(C)C)c(B2c3cc(F)ccc3N(c3ccccc3)c3cc4c(cc32)B2c3ccccc3N3c5ccccc5B5c6ccccc6N6c7ccccc7B7c8ccccc8N4c4c7c6c5c3c42)c(C(C)C)c1. The molecule has 10 aromatic carbocycles. The van der Waals surface area contributed by atoms with Crippen LogP contribution in [0, 0.1) is 5.82 Å². The van der Waals surface area contributed by atoms with Gasteiger partial charge in [-0.15, -0.1) is 0 Å². The van der Waals surface area contributed by atoms with Gasteiger partial charge in [0.2, 0.25) is 6.71 Å². The van der Waals surface area contributed by atoms with Gasteiger partial charge in [0, 0.05) is 68.2 Å². The van der Waals surface area contributed by atoms with Crippen LogP contribution in [0.4, 0.5) is 72.6 Å². The molecule has 0 N–H and O–H groups in total. The molecule has 0 aromatic heterocycles. The maximum absolute atomic E-state index is 16.6. The molecule has 0 atom stereocenters. The number of hydrogen-bond donors (Lipinski definition) is 0. The summed E-state index contributed by atoms with van der Waals surface area (Å²) in [5, 5.41) is 0. The first-order chi connectivity index (χ1) is 38.2. The van der Waals surface area contributed by atoms with Gasteiger partial charge in [0.05, 0.1) is 0 Å². The highest BCUT2D eigenvalue weighted by Gasteiger charge is 2.58. The van der Waals surface area contributed by atoms with Gasteiger partial charge in [-0.1, -0.05) is 174 Å². The molecule has 7 aliphatic rings. The average Bonchev–Trinajstić information content (AvgIpc) is 1.52. The maximum Gasteiger partial charge on any atom is 0.252 e. The number of benzene rings is 10. The first-order valence-electron chi connectivity index (χ1n) is 28.3. The van der Waals surface area contributed by atoms with E-state index in [2.05, 4.69) is 237 Å². The van der Waals surface area contributed by atoms with Crippen LogP contribution >= 0.6 is 0 Å². The van der Waals surface area contributed by atoms with Crippen LogP contribution in [0.15, 0.2) is 194 Å². The van der Waals surface area contributed by atoms with E-state index in [9.17, 15) is 0 Å². The lowest BCUT2D eigenvalue weighted by atomic mass is 9.24. The summed E-state index contributed by atoms with van der Waals surface area (Å²) in [6.45, 7) is 13.6. The fraction of sp³-hybridized carbons (Fsp3) is 0.130. The first-order valence-corrected chi connectivity index (χ1v) is 28.3. The van der Waals surface area contributed by atoms with Gasteiger partial charge in [-0.2, -0.15) is 0 Å². The molecule has 0 bridgehead atoms. The standard InChI is InChI=1S/C69H53B4FN4/c1-39(2)42-34-45(40(3)4)63(46(35-42)41(5)6)73-52-36-43(74)32-33-60(52)75(44-20-8-7-9-21-44)61-38-62-54(37-53(61)73)72-51-26-14-18-30-58(51)77-57-29-17-11-23-48(57)70-47-22-10-15-27-55(47)76-56-28-16-12-24-49(56)71-50-25-13-19-31-59(50)78(62)69-65(71)67(76)64(70)68(77)66(69)72/h7-41H,1-6H3. The van der Waals surface area contributed by atoms with Crippen LogP contribution in [0.25, 0.3) is 0 Å². The Balaban J connectivity index is 1.06. The summed E-state index contributed by atoms with van der Waals surface area (Å²) in [4.78, 5) is 10.4. The van der Waals surface area contributed by atoms with E-state index in [-0.39, 0.29) is 44.5 Å². The topological polar surface area (TPSA) is 13.0 Å². The molecule has 0 saturated carbocycles. The lowest BCUT2D eigenvalue weighted by Gasteiger charge is -2.56. The Morgan fingerprint density at radius 2 is 0.641 bits per heavy atom. The summed E-state index contributed by atoms with van der Waals surface area (Å²) in [5.74, 6) is 0.589. The van der Waals surface area contributed by atoms with Crippen LogP contribution in [0.2, 0.25) is 0 Å². The summed E-state index contributed by atoms with van der Waals surface area (Å²) in [7, 11) is 0. The molecule has 0 aliphatic carbocycles. The van der Waals surface area contributed by atoms with Crippen molar-refractivity contribution < 1.29 is 4.39 Å². The van der Waals surface area contributed by atoms with E-state index in [1.54, 1.807) is 6.07 Å². The van der Waals surface area contributed by atoms with E-state index < -0.39 is 0 Å². The van der Waals surface area contributed by atoms with Gasteiger partial charge < -0.3 is 19.6 Å². The highest BCUT2D eigenvalue weighted by atomic mass is 19.1. The van der Waals surface area contributed by atoms with Crippen LogP contribution in [-0.2, 0) is 0 Å². The molecule has 0 unspecified atom stereocenters. The van der Waals surface area contributed by atoms with Gasteiger partial charge in [-0.05, 0) is 161 Å². The van der Waals surface area contributed by atoms with Crippen molar-refractivity contribution in [1.82, 2.24) is 0 Å². The summed E-state index contributed by atoms with van der Waals surface area (Å²) in [6, 6.07) is 72.7. The summed E-state index contributed by atoms with van der Waals surface area (Å²) in [6.07, 6.45) is 0. The monoisotopic (exact) mass is 1000 g/mol. The molecule has 0 amide bonds. The van der Waals surface area contributed by atoms with Gasteiger partial charge in [-0.25, -0.2) is 4.39 Å². The summed E-state index contributed by atoms with van der Waals surface area (Å²) >= 11 is 0. The minimum atomic E-state index is -0.261. The number of para-hydroxylation sites is 6. The smallest absolute Gasteiger partial charge is 0.252 e. The highest BCUT2D eigenvalue weighted by Crippen LogP contribution is 2.52. The molecule has 0 fully saturated rings. The second kappa shape index (κ2) is 15.9. The third-order valence-corrected chi connectivity index (χ3v) is 18.8. The summed E-state index contributed by atoms with van der Waals surface area (Å²) < 4.78 is 16.6. The van der Waals surface area contributed by atoms with Crippen molar-refractivity contribution in [2.24, 2.45) is 0 Å². The van der Waals surface area contributed by atoms with Crippen molar-refractivity contribution in [1.29, 1.82) is 0 Å². The molecule has 0 radical (unpaired) electrons. The zero-order valence-corrected chi connectivity index (χ0v) is 44.7. The highest BCUT2D eigenvalue weighted by molar-refractivity contribution is 7.09. The maximum atomic E-state index is 16.6. The predicted molar refractivity (Wildman–Crippen MR) is 332 cm³/mol. The van der Waals surface area contributed by atoms with E-state index in [4.69, 9.17) is 0 Å². The minimum absolute atomic E-state index is 0.00493. The molecule has 0 spiro atoms. The van der Waals surface area contributed by atoms with Gasteiger partial charge in [-0.3, -0.25) is 0 Å². The summed E-state index contributed by atoms with van der Waals surface area (Å²) in [5.41, 5.74) is 34.1. The zero-order valence-electron chi connectivity index (χ0n) is 44.7. The fourth-order valence-corrected chi connectivity index (χ4v) is 15.8. The van der Waals surface area contributed by atoms with E-state index in [1.165, 1.54) is 128 Å². The van der Waals surface area contributed by atoms with Gasteiger partial charge in [0.15, 0.2) is 0 Å². The Labute approximate surface area is 458 Å². The van der Waals surface area contributed by atoms with Crippen LogP contribution in [0.3, 0.4) is 0 Å². The molecular formula is C69H53B4FN4. The van der Waals surface area contributed by atoms with Crippen LogP contribution in [0.5, 0.6) is 0 Å². The fourth-order valence-electron chi connectivity index (χ4n) is 15.8. The Morgan fingerprint density at radius 1 is 0.295 bits per heavy atom. The van der Waals surface area contributed by atoms with Crippen molar-refractivity contribution in [3.8, 4) is 0 Å². The number of rotatable bonds is 5. The molecule has 10 aromatic rings. The molecule has 9 heteroatoms. The van der Waals surface area contributed by atoms with E-state index in [1.807, 2.05) is 12.1 Å². The van der Waals surface area contributed by atoms with Crippen molar-refractivity contribution >= 4 is 161 Å². The second-order valence-electron chi connectivity index (χ2n) is 23.7. The number of halogens is 1.